The van der Waals surface area contributed by atoms with Crippen LogP contribution in [0.5, 0.6) is 5.75 Å². The third kappa shape index (κ3) is 7.75. The van der Waals surface area contributed by atoms with Crippen LogP contribution in [0.1, 0.15) is 44.6 Å². The lowest BCUT2D eigenvalue weighted by Gasteiger charge is -2.33. The van der Waals surface area contributed by atoms with Gasteiger partial charge in [0, 0.05) is 12.6 Å². The lowest BCUT2D eigenvalue weighted by Crippen LogP contribution is -2.53. The van der Waals surface area contributed by atoms with Gasteiger partial charge in [-0.2, -0.15) is 0 Å². The van der Waals surface area contributed by atoms with E-state index in [1.54, 1.807) is 38.3 Å². The Labute approximate surface area is 228 Å². The topological polar surface area (TPSA) is 96.0 Å². The minimum absolute atomic E-state index is 0.0184. The van der Waals surface area contributed by atoms with Gasteiger partial charge in [0.25, 0.3) is 0 Å². The Hall–Kier alpha value is -2.49. The molecular formula is C26H33Cl2N3O5S. The number of rotatable bonds is 10. The molecule has 0 bridgehead atoms. The molecule has 1 saturated carbocycles. The van der Waals surface area contributed by atoms with Crippen molar-refractivity contribution in [2.24, 2.45) is 0 Å². The maximum absolute atomic E-state index is 13.7. The summed E-state index contributed by atoms with van der Waals surface area (Å²) in [7, 11) is -2.37. The summed E-state index contributed by atoms with van der Waals surface area (Å²) in [5.41, 5.74) is 0.822. The van der Waals surface area contributed by atoms with Crippen LogP contribution in [0.4, 0.5) is 5.69 Å². The zero-order valence-corrected chi connectivity index (χ0v) is 23.6. The lowest BCUT2D eigenvalue weighted by molar-refractivity contribution is -0.139. The molecule has 1 N–H and O–H groups in total. The second-order valence-electron chi connectivity index (χ2n) is 9.24. The number of sulfonamides is 1. The van der Waals surface area contributed by atoms with E-state index in [1.165, 1.54) is 17.0 Å². The van der Waals surface area contributed by atoms with E-state index in [4.69, 9.17) is 27.9 Å². The van der Waals surface area contributed by atoms with E-state index in [0.717, 1.165) is 48.2 Å². The number of halogens is 2. The molecule has 202 valence electrons. The molecule has 1 aliphatic carbocycles. The number of methoxy groups -OCH3 is 1. The van der Waals surface area contributed by atoms with Gasteiger partial charge in [-0.25, -0.2) is 8.42 Å². The summed E-state index contributed by atoms with van der Waals surface area (Å²) in [5.74, 6) is -0.238. The van der Waals surface area contributed by atoms with Gasteiger partial charge in [0.1, 0.15) is 18.3 Å². The van der Waals surface area contributed by atoms with Crippen LogP contribution in [0.15, 0.2) is 42.5 Å². The first-order valence-electron chi connectivity index (χ1n) is 12.2. The maximum atomic E-state index is 13.7. The summed E-state index contributed by atoms with van der Waals surface area (Å²) >= 11 is 12.4. The van der Waals surface area contributed by atoms with Gasteiger partial charge in [0.05, 0.1) is 29.1 Å². The van der Waals surface area contributed by atoms with E-state index in [-0.39, 0.29) is 34.2 Å². The number of carbonyl (C=O) groups is 2. The number of ether oxygens (including phenoxy) is 1. The summed E-state index contributed by atoms with van der Waals surface area (Å²) in [5, 5.41) is 3.25. The minimum atomic E-state index is -3.92. The number of benzene rings is 2. The summed E-state index contributed by atoms with van der Waals surface area (Å²) in [6.45, 7) is 1.17. The first kappa shape index (κ1) is 29.1. The predicted octanol–water partition coefficient (Wildman–Crippen LogP) is 4.63. The predicted molar refractivity (Wildman–Crippen MR) is 147 cm³/mol. The first-order valence-corrected chi connectivity index (χ1v) is 14.8. The molecule has 8 nitrogen and oxygen atoms in total. The standard InChI is InChI=1S/C26H33Cl2N3O5S/c1-18(26(33)29-20-10-5-4-6-11-20)30(16-19-9-7-12-21(15-19)36-2)24(32)17-31(37(3,34)35)23-14-8-13-22(27)25(23)28/h7-9,12-15,18,20H,4-6,10-11,16-17H2,1-3H3,(H,29,33)/t18-/m1/s1. The molecule has 0 aromatic heterocycles. The smallest absolute Gasteiger partial charge is 0.244 e. The largest absolute Gasteiger partial charge is 0.497 e. The molecule has 3 rings (SSSR count). The van der Waals surface area contributed by atoms with Gasteiger partial charge in [-0.05, 0) is 49.6 Å². The monoisotopic (exact) mass is 569 g/mol. The Morgan fingerprint density at radius 3 is 2.43 bits per heavy atom. The molecule has 0 radical (unpaired) electrons. The highest BCUT2D eigenvalue weighted by Gasteiger charge is 2.32. The summed E-state index contributed by atoms with van der Waals surface area (Å²) in [4.78, 5) is 28.3. The first-order chi connectivity index (χ1) is 17.5. The summed E-state index contributed by atoms with van der Waals surface area (Å²) < 4.78 is 31.6. The van der Waals surface area contributed by atoms with Gasteiger partial charge >= 0.3 is 0 Å². The Morgan fingerprint density at radius 1 is 1.11 bits per heavy atom. The highest BCUT2D eigenvalue weighted by molar-refractivity contribution is 7.92. The van der Waals surface area contributed by atoms with Crippen LogP contribution in [-0.2, 0) is 26.2 Å². The van der Waals surface area contributed by atoms with Crippen LogP contribution in [0.25, 0.3) is 0 Å². The summed E-state index contributed by atoms with van der Waals surface area (Å²) in [6.07, 6.45) is 6.04. The molecule has 0 aliphatic heterocycles. The normalized spacial score (nSPS) is 15.1. The number of anilines is 1. The van der Waals surface area contributed by atoms with Crippen molar-refractivity contribution < 1.29 is 22.7 Å². The van der Waals surface area contributed by atoms with Crippen molar-refractivity contribution >= 4 is 50.7 Å². The molecule has 0 heterocycles. The lowest BCUT2D eigenvalue weighted by atomic mass is 9.95. The Morgan fingerprint density at radius 2 is 1.78 bits per heavy atom. The van der Waals surface area contributed by atoms with E-state index < -0.39 is 28.5 Å². The Kier molecular flexibility index (Phi) is 10.1. The minimum Gasteiger partial charge on any atom is -0.497 e. The molecule has 2 amide bonds. The highest BCUT2D eigenvalue weighted by Crippen LogP contribution is 2.33. The number of hydrogen-bond donors (Lipinski definition) is 1. The second kappa shape index (κ2) is 12.8. The number of carbonyl (C=O) groups excluding carboxylic acids is 2. The molecule has 0 unspecified atom stereocenters. The van der Waals surface area contributed by atoms with Crippen molar-refractivity contribution in [3.8, 4) is 5.75 Å². The molecule has 0 spiro atoms. The number of hydrogen-bond acceptors (Lipinski definition) is 5. The van der Waals surface area contributed by atoms with E-state index in [0.29, 0.717) is 5.75 Å². The number of nitrogens with one attached hydrogen (secondary N) is 1. The quantitative estimate of drug-likeness (QED) is 0.449. The van der Waals surface area contributed by atoms with Crippen molar-refractivity contribution in [2.75, 3.05) is 24.2 Å². The van der Waals surface area contributed by atoms with Crippen LogP contribution in [0, 0.1) is 0 Å². The van der Waals surface area contributed by atoms with Gasteiger partial charge in [-0.3, -0.25) is 13.9 Å². The summed E-state index contributed by atoms with van der Waals surface area (Å²) in [6, 6.07) is 10.9. The van der Waals surface area contributed by atoms with Gasteiger partial charge in [0.2, 0.25) is 21.8 Å². The van der Waals surface area contributed by atoms with Gasteiger partial charge in [-0.1, -0.05) is 60.7 Å². The van der Waals surface area contributed by atoms with Gasteiger partial charge in [-0.15, -0.1) is 0 Å². The van der Waals surface area contributed by atoms with E-state index >= 15 is 0 Å². The van der Waals surface area contributed by atoms with Crippen molar-refractivity contribution in [1.29, 1.82) is 0 Å². The van der Waals surface area contributed by atoms with E-state index in [2.05, 4.69) is 5.32 Å². The second-order valence-corrected chi connectivity index (χ2v) is 11.9. The van der Waals surface area contributed by atoms with Crippen molar-refractivity contribution in [3.05, 3.63) is 58.1 Å². The van der Waals surface area contributed by atoms with Crippen molar-refractivity contribution in [1.82, 2.24) is 10.2 Å². The molecule has 2 aromatic carbocycles. The van der Waals surface area contributed by atoms with Crippen LogP contribution in [-0.4, -0.2) is 57.1 Å². The molecule has 37 heavy (non-hydrogen) atoms. The highest BCUT2D eigenvalue weighted by atomic mass is 35.5. The van der Waals surface area contributed by atoms with Crippen LogP contribution in [0.2, 0.25) is 10.0 Å². The molecule has 11 heteroatoms. The van der Waals surface area contributed by atoms with Crippen LogP contribution in [0.3, 0.4) is 0 Å². The molecule has 1 atom stereocenters. The van der Waals surface area contributed by atoms with Crippen molar-refractivity contribution in [3.63, 3.8) is 0 Å². The van der Waals surface area contributed by atoms with Gasteiger partial charge in [0.15, 0.2) is 0 Å². The molecular weight excluding hydrogens is 537 g/mol. The maximum Gasteiger partial charge on any atom is 0.244 e. The van der Waals surface area contributed by atoms with Crippen LogP contribution >= 0.6 is 23.2 Å². The molecule has 1 aliphatic rings. The molecule has 2 aromatic rings. The molecule has 1 fully saturated rings. The van der Waals surface area contributed by atoms with Gasteiger partial charge < -0.3 is 15.0 Å². The number of nitrogens with zero attached hydrogens (tertiary/aromatic N) is 2. The average Bonchev–Trinajstić information content (AvgIpc) is 2.87. The van der Waals surface area contributed by atoms with E-state index in [1.807, 2.05) is 6.07 Å². The van der Waals surface area contributed by atoms with Crippen LogP contribution < -0.4 is 14.4 Å². The zero-order valence-electron chi connectivity index (χ0n) is 21.2. The number of amides is 2. The fourth-order valence-electron chi connectivity index (χ4n) is 4.40. The SMILES string of the molecule is COc1cccc(CN(C(=O)CN(c2cccc(Cl)c2Cl)S(C)(=O)=O)[C@H](C)C(=O)NC2CCCCC2)c1. The van der Waals surface area contributed by atoms with E-state index in [9.17, 15) is 18.0 Å². The fraction of sp³-hybridized carbons (Fsp3) is 0.462. The third-order valence-corrected chi connectivity index (χ3v) is 8.42. The Balaban J connectivity index is 1.91. The third-order valence-electron chi connectivity index (χ3n) is 6.49. The molecule has 0 saturated heterocycles. The Bertz CT molecular complexity index is 1220. The average molecular weight is 571 g/mol. The fourth-order valence-corrected chi connectivity index (χ4v) is 5.70. The zero-order chi connectivity index (χ0) is 27.2. The van der Waals surface area contributed by atoms with Crippen molar-refractivity contribution in [2.45, 2.75) is 57.7 Å².